The molecule has 0 radical (unpaired) electrons. The number of hydrogen-bond donors (Lipinski definition) is 2. The summed E-state index contributed by atoms with van der Waals surface area (Å²) in [5.41, 5.74) is 0. The molecule has 1 fully saturated rings. The van der Waals surface area contributed by atoms with Gasteiger partial charge in [-0.1, -0.05) is 6.92 Å². The minimum atomic E-state index is 0.179. The zero-order valence-corrected chi connectivity index (χ0v) is 7.89. The van der Waals surface area contributed by atoms with Crippen molar-refractivity contribution in [3.8, 4) is 0 Å². The third-order valence-corrected chi connectivity index (χ3v) is 2.52. The Morgan fingerprint density at radius 1 is 1.67 bits per heavy atom. The first-order valence-electron chi connectivity index (χ1n) is 4.74. The summed E-state index contributed by atoms with van der Waals surface area (Å²) < 4.78 is 0. The molecule has 0 aromatic carbocycles. The van der Waals surface area contributed by atoms with Gasteiger partial charge in [0.25, 0.3) is 0 Å². The van der Waals surface area contributed by atoms with Crippen molar-refractivity contribution in [2.24, 2.45) is 11.8 Å². The van der Waals surface area contributed by atoms with Crippen molar-refractivity contribution in [2.45, 2.75) is 20.3 Å². The van der Waals surface area contributed by atoms with Crippen LogP contribution in [0.25, 0.3) is 0 Å². The molecule has 0 aromatic heterocycles. The van der Waals surface area contributed by atoms with E-state index >= 15 is 0 Å². The summed E-state index contributed by atoms with van der Waals surface area (Å²) in [6, 6.07) is 0. The molecule has 0 unspecified atom stereocenters. The van der Waals surface area contributed by atoms with Gasteiger partial charge in [-0.2, -0.15) is 0 Å². The summed E-state index contributed by atoms with van der Waals surface area (Å²) >= 11 is 0. The molecule has 1 aliphatic rings. The van der Waals surface area contributed by atoms with Crippen LogP contribution in [0.2, 0.25) is 0 Å². The lowest BCUT2D eigenvalue weighted by Gasteiger charge is -2.28. The predicted molar refractivity (Wildman–Crippen MR) is 48.8 cm³/mol. The Hall–Kier alpha value is -0.570. The second-order valence-corrected chi connectivity index (χ2v) is 3.47. The van der Waals surface area contributed by atoms with Crippen LogP contribution in [0.3, 0.4) is 0 Å². The van der Waals surface area contributed by atoms with Gasteiger partial charge in [0.05, 0.1) is 5.92 Å². The molecule has 0 saturated carbocycles. The van der Waals surface area contributed by atoms with Gasteiger partial charge in [-0.25, -0.2) is 0 Å². The van der Waals surface area contributed by atoms with E-state index in [2.05, 4.69) is 17.6 Å². The molecule has 3 nitrogen and oxygen atoms in total. The van der Waals surface area contributed by atoms with Gasteiger partial charge in [-0.15, -0.1) is 0 Å². The first-order chi connectivity index (χ1) is 5.75. The van der Waals surface area contributed by atoms with Crippen LogP contribution in [0.1, 0.15) is 20.3 Å². The van der Waals surface area contributed by atoms with E-state index in [0.29, 0.717) is 5.92 Å². The minimum absolute atomic E-state index is 0.179. The molecule has 1 aliphatic heterocycles. The van der Waals surface area contributed by atoms with E-state index in [9.17, 15) is 4.79 Å². The van der Waals surface area contributed by atoms with Gasteiger partial charge in [-0.3, -0.25) is 4.79 Å². The molecular weight excluding hydrogens is 152 g/mol. The van der Waals surface area contributed by atoms with E-state index in [1.807, 2.05) is 6.92 Å². The number of hydrogen-bond acceptors (Lipinski definition) is 2. The first kappa shape index (κ1) is 9.52. The van der Waals surface area contributed by atoms with Crippen LogP contribution in [0.5, 0.6) is 0 Å². The van der Waals surface area contributed by atoms with Crippen LogP contribution in [0.4, 0.5) is 0 Å². The molecule has 2 N–H and O–H groups in total. The quantitative estimate of drug-likeness (QED) is 0.628. The summed E-state index contributed by atoms with van der Waals surface area (Å²) in [5, 5.41) is 6.11. The van der Waals surface area contributed by atoms with E-state index in [4.69, 9.17) is 0 Å². The molecule has 12 heavy (non-hydrogen) atoms. The summed E-state index contributed by atoms with van der Waals surface area (Å²) in [6.45, 7) is 6.74. The molecule has 2 atom stereocenters. The number of nitrogens with one attached hydrogen (secondary N) is 2. The van der Waals surface area contributed by atoms with Crippen molar-refractivity contribution in [1.29, 1.82) is 0 Å². The summed E-state index contributed by atoms with van der Waals surface area (Å²) in [4.78, 5) is 11.5. The molecule has 1 amide bonds. The molecule has 70 valence electrons. The fraction of sp³-hybridized carbons (Fsp3) is 0.889. The molecule has 1 heterocycles. The molecule has 3 heteroatoms. The summed E-state index contributed by atoms with van der Waals surface area (Å²) in [5.74, 6) is 0.911. The molecular formula is C9H18N2O. The van der Waals surface area contributed by atoms with E-state index in [1.54, 1.807) is 0 Å². The van der Waals surface area contributed by atoms with Crippen molar-refractivity contribution in [3.05, 3.63) is 0 Å². The Morgan fingerprint density at radius 3 is 3.00 bits per heavy atom. The van der Waals surface area contributed by atoms with Crippen LogP contribution in [-0.2, 0) is 4.79 Å². The third-order valence-electron chi connectivity index (χ3n) is 2.52. The second kappa shape index (κ2) is 4.45. The Labute approximate surface area is 73.9 Å². The largest absolute Gasteiger partial charge is 0.356 e. The maximum atomic E-state index is 11.5. The highest BCUT2D eigenvalue weighted by Crippen LogP contribution is 2.17. The van der Waals surface area contributed by atoms with Crippen LogP contribution < -0.4 is 10.6 Å². The molecule has 1 rings (SSSR count). The van der Waals surface area contributed by atoms with Crippen LogP contribution in [0, 0.1) is 11.8 Å². The van der Waals surface area contributed by atoms with E-state index < -0.39 is 0 Å². The highest BCUT2D eigenvalue weighted by molar-refractivity contribution is 5.79. The van der Waals surface area contributed by atoms with Crippen LogP contribution in [-0.4, -0.2) is 25.5 Å². The second-order valence-electron chi connectivity index (χ2n) is 3.47. The highest BCUT2D eigenvalue weighted by atomic mass is 16.1. The lowest BCUT2D eigenvalue weighted by atomic mass is 9.87. The summed E-state index contributed by atoms with van der Waals surface area (Å²) in [6.07, 6.45) is 1.11. The van der Waals surface area contributed by atoms with E-state index in [1.165, 1.54) is 0 Å². The van der Waals surface area contributed by atoms with Gasteiger partial charge in [0.15, 0.2) is 0 Å². The van der Waals surface area contributed by atoms with Gasteiger partial charge in [0.1, 0.15) is 0 Å². The molecule has 1 saturated heterocycles. The Balaban J connectivity index is 2.42. The standard InChI is InChI=1S/C9H18N2O/c1-3-11-9(12)8-6-10-5-4-7(8)2/h7-8,10H,3-6H2,1-2H3,(H,11,12)/t7-,8+/m1/s1. The lowest BCUT2D eigenvalue weighted by Crippen LogP contribution is -2.44. The van der Waals surface area contributed by atoms with Gasteiger partial charge in [-0.05, 0) is 25.8 Å². The van der Waals surface area contributed by atoms with Crippen molar-refractivity contribution < 1.29 is 4.79 Å². The average molecular weight is 170 g/mol. The highest BCUT2D eigenvalue weighted by Gasteiger charge is 2.26. The van der Waals surface area contributed by atoms with Gasteiger partial charge >= 0.3 is 0 Å². The topological polar surface area (TPSA) is 41.1 Å². The smallest absolute Gasteiger partial charge is 0.224 e. The fourth-order valence-corrected chi connectivity index (χ4v) is 1.65. The number of rotatable bonds is 2. The van der Waals surface area contributed by atoms with Crippen molar-refractivity contribution >= 4 is 5.91 Å². The molecule has 0 aromatic rings. The van der Waals surface area contributed by atoms with E-state index in [0.717, 1.165) is 26.1 Å². The number of carbonyl (C=O) groups excluding carboxylic acids is 1. The Bertz CT molecular complexity index is 159. The first-order valence-corrected chi connectivity index (χ1v) is 4.74. The zero-order valence-electron chi connectivity index (χ0n) is 7.89. The third kappa shape index (κ3) is 2.21. The Morgan fingerprint density at radius 2 is 2.42 bits per heavy atom. The van der Waals surface area contributed by atoms with Crippen molar-refractivity contribution in [2.75, 3.05) is 19.6 Å². The number of amides is 1. The normalized spacial score (nSPS) is 29.8. The van der Waals surface area contributed by atoms with Crippen molar-refractivity contribution in [1.82, 2.24) is 10.6 Å². The lowest BCUT2D eigenvalue weighted by molar-refractivity contribution is -0.126. The van der Waals surface area contributed by atoms with E-state index in [-0.39, 0.29) is 11.8 Å². The SMILES string of the molecule is CCNC(=O)[C@H]1CNCC[C@H]1C. The van der Waals surface area contributed by atoms with Gasteiger partial charge in [0, 0.05) is 13.1 Å². The summed E-state index contributed by atoms with van der Waals surface area (Å²) in [7, 11) is 0. The van der Waals surface area contributed by atoms with Crippen LogP contribution in [0.15, 0.2) is 0 Å². The molecule has 0 spiro atoms. The minimum Gasteiger partial charge on any atom is -0.356 e. The predicted octanol–water partition coefficient (Wildman–Crippen LogP) is 0.368. The fourth-order valence-electron chi connectivity index (χ4n) is 1.65. The van der Waals surface area contributed by atoms with Crippen LogP contribution >= 0.6 is 0 Å². The molecule has 0 bridgehead atoms. The maximum absolute atomic E-state index is 11.5. The number of carbonyl (C=O) groups is 1. The molecule has 0 aliphatic carbocycles. The zero-order chi connectivity index (χ0) is 8.97. The monoisotopic (exact) mass is 170 g/mol. The van der Waals surface area contributed by atoms with Crippen molar-refractivity contribution in [3.63, 3.8) is 0 Å². The maximum Gasteiger partial charge on any atom is 0.224 e. The average Bonchev–Trinajstić information content (AvgIpc) is 2.05. The number of piperidine rings is 1. The van der Waals surface area contributed by atoms with Gasteiger partial charge in [0.2, 0.25) is 5.91 Å². The van der Waals surface area contributed by atoms with Gasteiger partial charge < -0.3 is 10.6 Å². The Kier molecular flexibility index (Phi) is 3.53.